The van der Waals surface area contributed by atoms with Gasteiger partial charge in [0, 0.05) is 22.6 Å². The van der Waals surface area contributed by atoms with E-state index >= 15 is 0 Å². The predicted octanol–water partition coefficient (Wildman–Crippen LogP) is 2.48. The van der Waals surface area contributed by atoms with Gasteiger partial charge in [0.1, 0.15) is 0 Å². The fraction of sp³-hybridized carbons (Fsp3) is 0.467. The first kappa shape index (κ1) is 15.0. The van der Waals surface area contributed by atoms with Crippen LogP contribution >= 0.6 is 15.9 Å². The summed E-state index contributed by atoms with van der Waals surface area (Å²) >= 11 is 3.40. The maximum atomic E-state index is 12.7. The Hall–Kier alpha value is -1.36. The van der Waals surface area contributed by atoms with E-state index in [1.807, 2.05) is 32.0 Å². The molecule has 1 fully saturated rings. The summed E-state index contributed by atoms with van der Waals surface area (Å²) in [6, 6.07) is 5.75. The minimum Gasteiger partial charge on any atom is -0.369 e. The van der Waals surface area contributed by atoms with Crippen LogP contribution in [0.5, 0.6) is 0 Å². The van der Waals surface area contributed by atoms with E-state index in [1.165, 1.54) is 0 Å². The Morgan fingerprint density at radius 1 is 1.35 bits per heavy atom. The maximum absolute atomic E-state index is 12.7. The molecule has 1 aliphatic heterocycles. The highest BCUT2D eigenvalue weighted by molar-refractivity contribution is 9.10. The third-order valence-electron chi connectivity index (χ3n) is 3.96. The number of piperidine rings is 1. The zero-order valence-electron chi connectivity index (χ0n) is 11.7. The average Bonchev–Trinajstić information content (AvgIpc) is 2.38. The summed E-state index contributed by atoms with van der Waals surface area (Å²) in [6.45, 7) is 4.35. The first-order valence-corrected chi connectivity index (χ1v) is 7.56. The van der Waals surface area contributed by atoms with Crippen molar-refractivity contribution in [1.29, 1.82) is 0 Å². The molecule has 4 nitrogen and oxygen atoms in total. The largest absolute Gasteiger partial charge is 0.369 e. The number of likely N-dealkylation sites (tertiary alicyclic amines) is 1. The SMILES string of the molecule is Cc1cc(Br)ccc1C(=O)N1C[C@H](C(N)=O)CC[C@H]1C. The van der Waals surface area contributed by atoms with E-state index in [-0.39, 0.29) is 23.8 Å². The minimum atomic E-state index is -0.317. The number of rotatable bonds is 2. The summed E-state index contributed by atoms with van der Waals surface area (Å²) in [6.07, 6.45) is 1.58. The van der Waals surface area contributed by atoms with Crippen molar-refractivity contribution < 1.29 is 9.59 Å². The normalized spacial score (nSPS) is 22.6. The van der Waals surface area contributed by atoms with Crippen LogP contribution in [0.2, 0.25) is 0 Å². The third-order valence-corrected chi connectivity index (χ3v) is 4.46. The Kier molecular flexibility index (Phi) is 4.48. The molecule has 0 bridgehead atoms. The van der Waals surface area contributed by atoms with Crippen molar-refractivity contribution in [3.05, 3.63) is 33.8 Å². The second-order valence-corrected chi connectivity index (χ2v) is 6.36. The van der Waals surface area contributed by atoms with Crippen LogP contribution in [-0.4, -0.2) is 29.3 Å². The molecule has 0 unspecified atom stereocenters. The fourth-order valence-electron chi connectivity index (χ4n) is 2.64. The van der Waals surface area contributed by atoms with Gasteiger partial charge in [-0.1, -0.05) is 15.9 Å². The average molecular weight is 339 g/mol. The highest BCUT2D eigenvalue weighted by Crippen LogP contribution is 2.25. The van der Waals surface area contributed by atoms with Crippen molar-refractivity contribution >= 4 is 27.7 Å². The van der Waals surface area contributed by atoms with Crippen LogP contribution in [0.15, 0.2) is 22.7 Å². The molecule has 20 heavy (non-hydrogen) atoms. The van der Waals surface area contributed by atoms with Gasteiger partial charge < -0.3 is 10.6 Å². The number of nitrogens with zero attached hydrogens (tertiary/aromatic N) is 1. The van der Waals surface area contributed by atoms with E-state index < -0.39 is 0 Å². The standard InChI is InChI=1S/C15H19BrN2O2/c1-9-7-12(16)5-6-13(9)15(20)18-8-11(14(17)19)4-3-10(18)2/h5-7,10-11H,3-4,8H2,1-2H3,(H2,17,19)/t10-,11-/m1/s1. The monoisotopic (exact) mass is 338 g/mol. The Morgan fingerprint density at radius 3 is 2.65 bits per heavy atom. The molecule has 1 aromatic rings. The van der Waals surface area contributed by atoms with Crippen LogP contribution in [0, 0.1) is 12.8 Å². The quantitative estimate of drug-likeness (QED) is 0.900. The van der Waals surface area contributed by atoms with Crippen molar-refractivity contribution in [2.24, 2.45) is 11.7 Å². The van der Waals surface area contributed by atoms with Gasteiger partial charge in [-0.05, 0) is 50.5 Å². The Balaban J connectivity index is 2.24. The maximum Gasteiger partial charge on any atom is 0.254 e. The molecule has 108 valence electrons. The molecule has 0 radical (unpaired) electrons. The highest BCUT2D eigenvalue weighted by atomic mass is 79.9. The lowest BCUT2D eigenvalue weighted by Crippen LogP contribution is -2.48. The first-order valence-electron chi connectivity index (χ1n) is 6.76. The van der Waals surface area contributed by atoms with E-state index in [0.29, 0.717) is 12.1 Å². The molecule has 2 amide bonds. The molecule has 0 aromatic heterocycles. The summed E-state index contributed by atoms with van der Waals surface area (Å²) in [4.78, 5) is 25.8. The molecule has 0 spiro atoms. The van der Waals surface area contributed by atoms with E-state index in [1.54, 1.807) is 4.90 Å². The van der Waals surface area contributed by atoms with Gasteiger partial charge >= 0.3 is 0 Å². The Morgan fingerprint density at radius 2 is 2.05 bits per heavy atom. The number of aryl methyl sites for hydroxylation is 1. The highest BCUT2D eigenvalue weighted by Gasteiger charge is 2.32. The van der Waals surface area contributed by atoms with E-state index in [2.05, 4.69) is 15.9 Å². The molecule has 5 heteroatoms. The molecule has 1 saturated heterocycles. The second kappa shape index (κ2) is 5.95. The van der Waals surface area contributed by atoms with Gasteiger partial charge in [-0.25, -0.2) is 0 Å². The van der Waals surface area contributed by atoms with Crippen molar-refractivity contribution in [2.75, 3.05) is 6.54 Å². The smallest absolute Gasteiger partial charge is 0.254 e. The summed E-state index contributed by atoms with van der Waals surface area (Å²) in [5, 5.41) is 0. The van der Waals surface area contributed by atoms with Crippen LogP contribution in [0.3, 0.4) is 0 Å². The van der Waals surface area contributed by atoms with Crippen molar-refractivity contribution in [3.8, 4) is 0 Å². The van der Waals surface area contributed by atoms with E-state index in [9.17, 15) is 9.59 Å². The molecule has 2 N–H and O–H groups in total. The van der Waals surface area contributed by atoms with E-state index in [0.717, 1.165) is 22.9 Å². The van der Waals surface area contributed by atoms with Crippen LogP contribution in [-0.2, 0) is 4.79 Å². The Labute approximate surface area is 127 Å². The van der Waals surface area contributed by atoms with Gasteiger partial charge in [0.2, 0.25) is 5.91 Å². The van der Waals surface area contributed by atoms with Crippen molar-refractivity contribution in [1.82, 2.24) is 4.90 Å². The molecular weight excluding hydrogens is 320 g/mol. The molecule has 1 heterocycles. The summed E-state index contributed by atoms with van der Waals surface area (Å²) in [5.41, 5.74) is 6.99. The number of carbonyl (C=O) groups excluding carboxylic acids is 2. The molecule has 0 aliphatic carbocycles. The number of carbonyl (C=O) groups is 2. The Bertz CT molecular complexity index is 545. The van der Waals surface area contributed by atoms with Crippen LogP contribution in [0.4, 0.5) is 0 Å². The first-order chi connectivity index (χ1) is 9.40. The fourth-order valence-corrected chi connectivity index (χ4v) is 3.12. The van der Waals surface area contributed by atoms with Gasteiger partial charge in [-0.3, -0.25) is 9.59 Å². The van der Waals surface area contributed by atoms with Crippen LogP contribution < -0.4 is 5.73 Å². The van der Waals surface area contributed by atoms with Gasteiger partial charge in [0.15, 0.2) is 0 Å². The number of halogens is 1. The number of benzene rings is 1. The predicted molar refractivity (Wildman–Crippen MR) is 81.3 cm³/mol. The van der Waals surface area contributed by atoms with Crippen LogP contribution in [0.25, 0.3) is 0 Å². The molecule has 2 rings (SSSR count). The summed E-state index contributed by atoms with van der Waals surface area (Å²) in [7, 11) is 0. The van der Waals surface area contributed by atoms with Gasteiger partial charge in [0.05, 0.1) is 5.92 Å². The lowest BCUT2D eigenvalue weighted by Gasteiger charge is -2.37. The van der Waals surface area contributed by atoms with Gasteiger partial charge in [-0.15, -0.1) is 0 Å². The zero-order valence-corrected chi connectivity index (χ0v) is 13.3. The number of amides is 2. The molecule has 0 saturated carbocycles. The topological polar surface area (TPSA) is 63.4 Å². The number of hydrogen-bond donors (Lipinski definition) is 1. The second-order valence-electron chi connectivity index (χ2n) is 5.44. The number of nitrogens with two attached hydrogens (primary N) is 1. The lowest BCUT2D eigenvalue weighted by molar-refractivity contribution is -0.123. The van der Waals surface area contributed by atoms with Gasteiger partial charge in [-0.2, -0.15) is 0 Å². The summed E-state index contributed by atoms with van der Waals surface area (Å²) in [5.74, 6) is -0.568. The van der Waals surface area contributed by atoms with Crippen LogP contribution in [0.1, 0.15) is 35.7 Å². The molecule has 1 aromatic carbocycles. The molecule has 1 aliphatic rings. The zero-order chi connectivity index (χ0) is 14.9. The van der Waals surface area contributed by atoms with Gasteiger partial charge in [0.25, 0.3) is 5.91 Å². The third kappa shape index (κ3) is 3.03. The van der Waals surface area contributed by atoms with Crippen molar-refractivity contribution in [2.45, 2.75) is 32.7 Å². The number of primary amides is 1. The minimum absolute atomic E-state index is 0.0200. The van der Waals surface area contributed by atoms with Crippen molar-refractivity contribution in [3.63, 3.8) is 0 Å². The molecule has 2 atom stereocenters. The van der Waals surface area contributed by atoms with E-state index in [4.69, 9.17) is 5.73 Å². The number of hydrogen-bond acceptors (Lipinski definition) is 2. The lowest BCUT2D eigenvalue weighted by atomic mass is 9.92. The molecular formula is C15H19BrN2O2. The summed E-state index contributed by atoms with van der Waals surface area (Å²) < 4.78 is 0.952.